The second-order valence-corrected chi connectivity index (χ2v) is 6.62. The Balaban J connectivity index is 4.85. The Kier molecular flexibility index (Phi) is 12.8. The number of aliphatic hydroxyl groups is 1. The highest BCUT2D eigenvalue weighted by Crippen LogP contribution is 2.54. The normalized spacial score (nSPS) is 12.7. The van der Waals surface area contributed by atoms with Crippen LogP contribution in [0.25, 0.3) is 0 Å². The van der Waals surface area contributed by atoms with Crippen LogP contribution in [0.1, 0.15) is 27.2 Å². The van der Waals surface area contributed by atoms with E-state index in [1.165, 1.54) is 0 Å². The maximum Gasteiger partial charge on any atom is 0.345 e. The molecular weight excluding hydrogens is 343 g/mol. The monoisotopic (exact) mass is 370 g/mol. The summed E-state index contributed by atoms with van der Waals surface area (Å²) in [6.07, 6.45) is -0.490. The summed E-state index contributed by atoms with van der Waals surface area (Å²) in [6.45, 7) is 5.02. The van der Waals surface area contributed by atoms with Gasteiger partial charge in [0.1, 0.15) is 6.61 Å². The fourth-order valence-electron chi connectivity index (χ4n) is 1.74. The minimum absolute atomic E-state index is 0.0528. The van der Waals surface area contributed by atoms with Crippen molar-refractivity contribution in [3.63, 3.8) is 0 Å². The summed E-state index contributed by atoms with van der Waals surface area (Å²) in [4.78, 5) is 24.0. The zero-order chi connectivity index (χ0) is 18.4. The lowest BCUT2D eigenvalue weighted by atomic mass is 10.3. The fraction of sp³-hybridized carbons (Fsp3) is 0.857. The maximum atomic E-state index is 12.8. The second-order valence-electron chi connectivity index (χ2n) is 4.40. The maximum absolute atomic E-state index is 12.8. The van der Waals surface area contributed by atoms with Crippen LogP contribution in [0.15, 0.2) is 0 Å². The largest absolute Gasteiger partial charge is 0.465 e. The number of carbonyl (C=O) groups is 2. The molecule has 0 aromatic heterocycles. The second kappa shape index (κ2) is 13.3. The molecule has 0 aliphatic carbocycles. The number of carbonyl (C=O) groups excluding carboxylic acids is 2. The molecular formula is C14H27O9P. The molecule has 0 radical (unpaired) electrons. The van der Waals surface area contributed by atoms with E-state index < -0.39 is 31.6 Å². The third-order valence-corrected chi connectivity index (χ3v) is 5.04. The Morgan fingerprint density at radius 2 is 1.58 bits per heavy atom. The Morgan fingerprint density at radius 1 is 0.958 bits per heavy atom. The highest BCUT2D eigenvalue weighted by Gasteiger charge is 2.44. The van der Waals surface area contributed by atoms with Crippen LogP contribution in [-0.2, 0) is 37.4 Å². The first-order valence-corrected chi connectivity index (χ1v) is 9.45. The first kappa shape index (κ1) is 23.0. The first-order chi connectivity index (χ1) is 11.4. The number of aliphatic hydroxyl groups excluding tert-OH is 1. The van der Waals surface area contributed by atoms with Crippen LogP contribution in [0.2, 0.25) is 0 Å². The van der Waals surface area contributed by atoms with Crippen molar-refractivity contribution >= 4 is 19.5 Å². The van der Waals surface area contributed by atoms with Crippen molar-refractivity contribution in [2.45, 2.75) is 32.9 Å². The molecule has 142 valence electrons. The number of rotatable bonds is 14. The van der Waals surface area contributed by atoms with E-state index in [0.29, 0.717) is 0 Å². The quantitative estimate of drug-likeness (QED) is 0.273. The topological polar surface area (TPSA) is 118 Å². The van der Waals surface area contributed by atoms with Gasteiger partial charge in [-0.25, -0.2) is 0 Å². The van der Waals surface area contributed by atoms with E-state index >= 15 is 0 Å². The molecule has 0 amide bonds. The van der Waals surface area contributed by atoms with Gasteiger partial charge in [-0.05, 0) is 20.8 Å². The van der Waals surface area contributed by atoms with Gasteiger partial charge < -0.3 is 28.4 Å². The highest BCUT2D eigenvalue weighted by molar-refractivity contribution is 7.55. The Morgan fingerprint density at radius 3 is 2.08 bits per heavy atom. The van der Waals surface area contributed by atoms with Gasteiger partial charge in [0.2, 0.25) is 0 Å². The van der Waals surface area contributed by atoms with Crippen LogP contribution in [0.3, 0.4) is 0 Å². The number of ether oxygens (including phenoxy) is 3. The molecule has 0 bridgehead atoms. The molecule has 0 spiro atoms. The van der Waals surface area contributed by atoms with Gasteiger partial charge in [0.15, 0.2) is 5.66 Å². The fourth-order valence-corrected chi connectivity index (χ4v) is 3.60. The van der Waals surface area contributed by atoms with Crippen molar-refractivity contribution < 1.29 is 42.5 Å². The summed E-state index contributed by atoms with van der Waals surface area (Å²) in [5.41, 5.74) is -1.39. The summed E-state index contributed by atoms with van der Waals surface area (Å²) >= 11 is 0. The van der Waals surface area contributed by atoms with Gasteiger partial charge in [0.05, 0.1) is 46.1 Å². The van der Waals surface area contributed by atoms with Crippen molar-refractivity contribution in [2.24, 2.45) is 0 Å². The average molecular weight is 370 g/mol. The van der Waals surface area contributed by atoms with E-state index in [1.54, 1.807) is 20.8 Å². The molecule has 24 heavy (non-hydrogen) atoms. The molecule has 0 aromatic carbocycles. The molecule has 9 nitrogen and oxygen atoms in total. The van der Waals surface area contributed by atoms with Crippen molar-refractivity contribution in [1.29, 1.82) is 0 Å². The third-order valence-electron chi connectivity index (χ3n) is 2.64. The zero-order valence-electron chi connectivity index (χ0n) is 14.4. The Hall–Kier alpha value is -0.990. The van der Waals surface area contributed by atoms with E-state index in [2.05, 4.69) is 0 Å². The van der Waals surface area contributed by atoms with E-state index in [4.69, 9.17) is 28.4 Å². The number of hydrogen-bond donors (Lipinski definition) is 1. The number of hydrogen-bond acceptors (Lipinski definition) is 9. The van der Waals surface area contributed by atoms with E-state index in [0.717, 1.165) is 0 Å². The van der Waals surface area contributed by atoms with Gasteiger partial charge in [-0.3, -0.25) is 14.2 Å². The average Bonchev–Trinajstić information content (AvgIpc) is 2.53. The molecule has 1 atom stereocenters. The molecule has 0 aliphatic rings. The highest BCUT2D eigenvalue weighted by atomic mass is 31.2. The van der Waals surface area contributed by atoms with Crippen LogP contribution < -0.4 is 0 Å². The summed E-state index contributed by atoms with van der Waals surface area (Å²) < 4.78 is 37.8. The standard InChI is InChI=1S/C14H27O9P/c1-4-20-14(17)12(24(18,22-5-2)23-6-3)11-13(16)21-10-9-19-8-7-15/h12,15H,4-11H2,1-3H3. The minimum Gasteiger partial charge on any atom is -0.465 e. The Bertz CT molecular complexity index is 403. The predicted molar refractivity (Wildman–Crippen MR) is 84.8 cm³/mol. The van der Waals surface area contributed by atoms with Crippen LogP contribution in [0, 0.1) is 0 Å². The van der Waals surface area contributed by atoms with Gasteiger partial charge >= 0.3 is 19.5 Å². The van der Waals surface area contributed by atoms with Crippen molar-refractivity contribution in [1.82, 2.24) is 0 Å². The number of esters is 2. The molecule has 1 N–H and O–H groups in total. The van der Waals surface area contributed by atoms with E-state index in [9.17, 15) is 14.2 Å². The predicted octanol–water partition coefficient (Wildman–Crippen LogP) is 1.13. The Labute approximate surface area is 142 Å². The lowest BCUT2D eigenvalue weighted by Gasteiger charge is -2.24. The lowest BCUT2D eigenvalue weighted by Crippen LogP contribution is -2.29. The van der Waals surface area contributed by atoms with E-state index in [-0.39, 0.29) is 46.2 Å². The van der Waals surface area contributed by atoms with Crippen molar-refractivity contribution in [3.8, 4) is 0 Å². The molecule has 0 aliphatic heterocycles. The van der Waals surface area contributed by atoms with E-state index in [1.807, 2.05) is 0 Å². The third kappa shape index (κ3) is 8.75. The molecule has 0 heterocycles. The van der Waals surface area contributed by atoms with Crippen molar-refractivity contribution in [2.75, 3.05) is 46.2 Å². The minimum atomic E-state index is -3.86. The molecule has 0 rings (SSSR count). The summed E-state index contributed by atoms with van der Waals surface area (Å²) in [5, 5.41) is 8.55. The molecule has 0 fully saturated rings. The smallest absolute Gasteiger partial charge is 0.345 e. The van der Waals surface area contributed by atoms with Crippen LogP contribution in [-0.4, -0.2) is 69.0 Å². The van der Waals surface area contributed by atoms with Crippen LogP contribution >= 0.6 is 7.60 Å². The van der Waals surface area contributed by atoms with Gasteiger partial charge in [-0.2, -0.15) is 0 Å². The molecule has 1 unspecified atom stereocenters. The molecule has 0 aromatic rings. The summed E-state index contributed by atoms with van der Waals surface area (Å²) in [6, 6.07) is 0. The zero-order valence-corrected chi connectivity index (χ0v) is 15.3. The SMILES string of the molecule is CCOC(=O)C(CC(=O)OCCOCCO)P(=O)(OCC)OCC. The van der Waals surface area contributed by atoms with Gasteiger partial charge in [-0.1, -0.05) is 0 Å². The molecule has 0 saturated heterocycles. The lowest BCUT2D eigenvalue weighted by molar-refractivity contribution is -0.151. The molecule has 10 heteroatoms. The van der Waals surface area contributed by atoms with Gasteiger partial charge in [-0.15, -0.1) is 0 Å². The van der Waals surface area contributed by atoms with Crippen molar-refractivity contribution in [3.05, 3.63) is 0 Å². The summed E-state index contributed by atoms with van der Waals surface area (Å²) in [7, 11) is -3.86. The van der Waals surface area contributed by atoms with Gasteiger partial charge in [0.25, 0.3) is 0 Å². The first-order valence-electron chi connectivity index (χ1n) is 7.84. The van der Waals surface area contributed by atoms with Crippen LogP contribution in [0.5, 0.6) is 0 Å². The van der Waals surface area contributed by atoms with Gasteiger partial charge in [0, 0.05) is 0 Å². The van der Waals surface area contributed by atoms with Crippen LogP contribution in [0.4, 0.5) is 0 Å². The summed E-state index contributed by atoms with van der Waals surface area (Å²) in [5.74, 6) is -1.59. The molecule has 0 saturated carbocycles.